The number of carbonyl (C=O) groups is 1. The number of aromatic carboxylic acids is 1. The molecule has 106 valence electrons. The third kappa shape index (κ3) is 3.27. The number of carboxylic acid groups (broad SMARTS) is 1. The van der Waals surface area contributed by atoms with Gasteiger partial charge in [-0.2, -0.15) is 0 Å². The van der Waals surface area contributed by atoms with Crippen LogP contribution < -0.4 is 5.32 Å². The van der Waals surface area contributed by atoms with Gasteiger partial charge in [0.05, 0.1) is 6.04 Å². The number of hydrogen-bond acceptors (Lipinski definition) is 3. The number of benzene rings is 1. The molecular formula is C16H19NO3. The molecule has 1 unspecified atom stereocenters. The third-order valence-electron chi connectivity index (χ3n) is 3.34. The molecule has 2 rings (SSSR count). The Morgan fingerprint density at radius 3 is 2.30 bits per heavy atom. The lowest BCUT2D eigenvalue weighted by Gasteiger charge is -2.19. The fourth-order valence-electron chi connectivity index (χ4n) is 2.11. The number of hydrogen-bond donors (Lipinski definition) is 2. The summed E-state index contributed by atoms with van der Waals surface area (Å²) in [4.78, 5) is 10.8. The molecule has 1 heterocycles. The van der Waals surface area contributed by atoms with Crippen LogP contribution in [0.25, 0.3) is 0 Å². The van der Waals surface area contributed by atoms with E-state index in [1.165, 1.54) is 17.2 Å². The normalized spacial score (nSPS) is 13.9. The lowest BCUT2D eigenvalue weighted by Crippen LogP contribution is -2.22. The molecule has 0 saturated heterocycles. The van der Waals surface area contributed by atoms with Crippen LogP contribution in [0, 0.1) is 6.92 Å². The van der Waals surface area contributed by atoms with Gasteiger partial charge in [0.15, 0.2) is 0 Å². The van der Waals surface area contributed by atoms with Gasteiger partial charge in [0.2, 0.25) is 5.76 Å². The Balaban J connectivity index is 2.04. The van der Waals surface area contributed by atoms with Crippen molar-refractivity contribution in [2.24, 2.45) is 0 Å². The van der Waals surface area contributed by atoms with E-state index in [9.17, 15) is 4.79 Å². The predicted octanol–water partition coefficient (Wildman–Crippen LogP) is 3.70. The van der Waals surface area contributed by atoms with Gasteiger partial charge in [-0.15, -0.1) is 0 Å². The van der Waals surface area contributed by atoms with Gasteiger partial charge in [-0.3, -0.25) is 0 Å². The summed E-state index contributed by atoms with van der Waals surface area (Å²) in [5.41, 5.74) is 2.42. The fraction of sp³-hybridized carbons (Fsp3) is 0.312. The largest absolute Gasteiger partial charge is 0.475 e. The molecule has 0 spiro atoms. The summed E-state index contributed by atoms with van der Waals surface area (Å²) in [5.74, 6) is -0.451. The molecule has 2 N–H and O–H groups in total. The monoisotopic (exact) mass is 273 g/mol. The molecule has 0 aliphatic rings. The summed E-state index contributed by atoms with van der Waals surface area (Å²) >= 11 is 0. The fourth-order valence-corrected chi connectivity index (χ4v) is 2.11. The lowest BCUT2D eigenvalue weighted by atomic mass is 10.1. The van der Waals surface area contributed by atoms with Crippen LogP contribution in [0.2, 0.25) is 0 Å². The van der Waals surface area contributed by atoms with Gasteiger partial charge in [-0.25, -0.2) is 4.79 Å². The van der Waals surface area contributed by atoms with E-state index in [0.29, 0.717) is 5.76 Å². The van der Waals surface area contributed by atoms with Gasteiger partial charge in [-0.05, 0) is 38.5 Å². The van der Waals surface area contributed by atoms with Crippen molar-refractivity contribution in [3.63, 3.8) is 0 Å². The average Bonchev–Trinajstić information content (AvgIpc) is 2.89. The van der Waals surface area contributed by atoms with E-state index in [1.807, 2.05) is 6.92 Å². The van der Waals surface area contributed by atoms with Gasteiger partial charge in [0, 0.05) is 6.04 Å². The van der Waals surface area contributed by atoms with Crippen LogP contribution in [0.15, 0.2) is 40.8 Å². The number of nitrogens with one attached hydrogen (secondary N) is 1. The lowest BCUT2D eigenvalue weighted by molar-refractivity contribution is 0.0659. The zero-order chi connectivity index (χ0) is 14.7. The van der Waals surface area contributed by atoms with E-state index >= 15 is 0 Å². The Hall–Kier alpha value is -2.07. The maximum absolute atomic E-state index is 10.8. The Morgan fingerprint density at radius 1 is 1.10 bits per heavy atom. The smallest absolute Gasteiger partial charge is 0.371 e. The van der Waals surface area contributed by atoms with Crippen molar-refractivity contribution in [2.75, 3.05) is 0 Å². The highest BCUT2D eigenvalue weighted by molar-refractivity contribution is 5.84. The topological polar surface area (TPSA) is 62.5 Å². The molecule has 4 heteroatoms. The molecule has 0 aliphatic heterocycles. The second-order valence-electron chi connectivity index (χ2n) is 5.03. The Morgan fingerprint density at radius 2 is 1.75 bits per heavy atom. The van der Waals surface area contributed by atoms with Crippen molar-refractivity contribution >= 4 is 5.97 Å². The molecular weight excluding hydrogens is 254 g/mol. The second-order valence-corrected chi connectivity index (χ2v) is 5.03. The van der Waals surface area contributed by atoms with Crippen LogP contribution in [0.4, 0.5) is 0 Å². The van der Waals surface area contributed by atoms with Crippen molar-refractivity contribution in [1.29, 1.82) is 0 Å². The van der Waals surface area contributed by atoms with Crippen LogP contribution in [-0.4, -0.2) is 11.1 Å². The summed E-state index contributed by atoms with van der Waals surface area (Å²) < 4.78 is 5.30. The highest BCUT2D eigenvalue weighted by Gasteiger charge is 2.16. The molecule has 4 nitrogen and oxygen atoms in total. The van der Waals surface area contributed by atoms with Gasteiger partial charge < -0.3 is 14.8 Å². The predicted molar refractivity (Wildman–Crippen MR) is 76.8 cm³/mol. The van der Waals surface area contributed by atoms with E-state index in [1.54, 1.807) is 6.07 Å². The number of furan rings is 1. The minimum absolute atomic E-state index is 0.0309. The Labute approximate surface area is 118 Å². The minimum Gasteiger partial charge on any atom is -0.475 e. The summed E-state index contributed by atoms with van der Waals surface area (Å²) in [5, 5.41) is 12.2. The van der Waals surface area contributed by atoms with Crippen LogP contribution in [0.1, 0.15) is 53.4 Å². The highest BCUT2D eigenvalue weighted by Crippen LogP contribution is 2.21. The molecule has 1 aromatic heterocycles. The van der Waals surface area contributed by atoms with Crippen molar-refractivity contribution in [3.05, 3.63) is 59.0 Å². The van der Waals surface area contributed by atoms with Crippen LogP contribution in [0.5, 0.6) is 0 Å². The molecule has 0 radical (unpaired) electrons. The van der Waals surface area contributed by atoms with Crippen molar-refractivity contribution in [2.45, 2.75) is 32.9 Å². The Kier molecular flexibility index (Phi) is 4.25. The van der Waals surface area contributed by atoms with Gasteiger partial charge in [0.25, 0.3) is 0 Å². The maximum atomic E-state index is 10.8. The molecule has 0 bridgehead atoms. The number of aryl methyl sites for hydroxylation is 1. The first-order valence-electron chi connectivity index (χ1n) is 6.63. The molecule has 0 aliphatic carbocycles. The molecule has 20 heavy (non-hydrogen) atoms. The molecule has 0 saturated carbocycles. The minimum atomic E-state index is -1.05. The third-order valence-corrected chi connectivity index (χ3v) is 3.34. The SMILES string of the molecule is Cc1ccc([C@@H](C)NC(C)c2ccc(C(=O)O)o2)cc1. The van der Waals surface area contributed by atoms with Crippen LogP contribution >= 0.6 is 0 Å². The summed E-state index contributed by atoms with van der Waals surface area (Å²) in [6.45, 7) is 6.08. The summed E-state index contributed by atoms with van der Waals surface area (Å²) in [6.07, 6.45) is 0. The highest BCUT2D eigenvalue weighted by atomic mass is 16.4. The molecule has 1 aromatic carbocycles. The standard InChI is InChI=1S/C16H19NO3/c1-10-4-6-13(7-5-10)11(2)17-12(3)14-8-9-15(20-14)16(18)19/h4-9,11-12,17H,1-3H3,(H,18,19)/t11-,12?/m1/s1. The number of rotatable bonds is 5. The molecule has 0 amide bonds. The molecule has 2 atom stereocenters. The summed E-state index contributed by atoms with van der Waals surface area (Å²) in [6, 6.07) is 11.6. The quantitative estimate of drug-likeness (QED) is 0.872. The zero-order valence-electron chi connectivity index (χ0n) is 11.9. The van der Waals surface area contributed by atoms with Crippen molar-refractivity contribution in [1.82, 2.24) is 5.32 Å². The van der Waals surface area contributed by atoms with E-state index in [2.05, 4.69) is 43.4 Å². The Bertz CT molecular complexity index is 586. The van der Waals surface area contributed by atoms with Crippen molar-refractivity contribution < 1.29 is 14.3 Å². The first kappa shape index (κ1) is 14.3. The zero-order valence-corrected chi connectivity index (χ0v) is 11.9. The molecule has 2 aromatic rings. The van der Waals surface area contributed by atoms with Gasteiger partial charge >= 0.3 is 5.97 Å². The first-order chi connectivity index (χ1) is 9.47. The average molecular weight is 273 g/mol. The maximum Gasteiger partial charge on any atom is 0.371 e. The van der Waals surface area contributed by atoms with E-state index in [-0.39, 0.29) is 17.8 Å². The van der Waals surface area contributed by atoms with Gasteiger partial charge in [0.1, 0.15) is 5.76 Å². The van der Waals surface area contributed by atoms with Gasteiger partial charge in [-0.1, -0.05) is 29.8 Å². The van der Waals surface area contributed by atoms with E-state index in [4.69, 9.17) is 9.52 Å². The molecule has 0 fully saturated rings. The second kappa shape index (κ2) is 5.92. The number of carboxylic acids is 1. The van der Waals surface area contributed by atoms with Crippen LogP contribution in [-0.2, 0) is 0 Å². The summed E-state index contributed by atoms with van der Waals surface area (Å²) in [7, 11) is 0. The van der Waals surface area contributed by atoms with E-state index < -0.39 is 5.97 Å². The van der Waals surface area contributed by atoms with E-state index in [0.717, 1.165) is 0 Å². The van der Waals surface area contributed by atoms with Crippen molar-refractivity contribution in [3.8, 4) is 0 Å². The first-order valence-corrected chi connectivity index (χ1v) is 6.63. The van der Waals surface area contributed by atoms with Crippen LogP contribution in [0.3, 0.4) is 0 Å².